The van der Waals surface area contributed by atoms with E-state index in [1.807, 2.05) is 12.1 Å². The van der Waals surface area contributed by atoms with Crippen LogP contribution in [0.2, 0.25) is 5.02 Å². The molecule has 0 aliphatic heterocycles. The van der Waals surface area contributed by atoms with E-state index < -0.39 is 18.2 Å². The van der Waals surface area contributed by atoms with Gasteiger partial charge in [-0.15, -0.1) is 0 Å². The Morgan fingerprint density at radius 2 is 1.90 bits per heavy atom. The zero-order valence-corrected chi connectivity index (χ0v) is 24.0. The standard InChI is InChI=1S/C30H36ClF2N7O/c1-18(2)4-3-5-20-12-24(27(33)25(31)13-20)26-14-21-17-40(30(41)39-28(21)38-26)23-8-6-19(7-9-23)16-37-22(15-32)10-11-36-29(34)35/h6-9,12-14,17-18,22,37H,3-5,10-11,15-16H2,1-2H3,(H4,34,35,36)(H,38,39,41)/t22-/m1/s1. The van der Waals surface area contributed by atoms with Gasteiger partial charge in [-0.2, -0.15) is 4.98 Å². The second kappa shape index (κ2) is 13.7. The minimum atomic E-state index is -0.545. The number of H-pyrrole nitrogens is 1. The van der Waals surface area contributed by atoms with Crippen molar-refractivity contribution in [2.75, 3.05) is 13.2 Å². The molecule has 0 saturated heterocycles. The molecule has 2 aromatic heterocycles. The van der Waals surface area contributed by atoms with Crippen molar-refractivity contribution >= 4 is 28.6 Å². The van der Waals surface area contributed by atoms with E-state index in [1.165, 1.54) is 4.57 Å². The second-order valence-corrected chi connectivity index (χ2v) is 11.0. The first-order chi connectivity index (χ1) is 19.6. The fourth-order valence-electron chi connectivity index (χ4n) is 4.64. The van der Waals surface area contributed by atoms with Gasteiger partial charge in [-0.25, -0.2) is 13.6 Å². The Hall–Kier alpha value is -3.76. The molecular weight excluding hydrogens is 548 g/mol. The van der Waals surface area contributed by atoms with E-state index >= 15 is 4.39 Å². The number of aryl methyl sites for hydroxylation is 1. The predicted molar refractivity (Wildman–Crippen MR) is 162 cm³/mol. The third-order valence-corrected chi connectivity index (χ3v) is 7.18. The topological polar surface area (TPSA) is 127 Å². The van der Waals surface area contributed by atoms with Gasteiger partial charge in [0.25, 0.3) is 0 Å². The van der Waals surface area contributed by atoms with Gasteiger partial charge in [0.1, 0.15) is 12.3 Å². The number of nitrogens with zero attached hydrogens (tertiary/aromatic N) is 3. The molecule has 0 fully saturated rings. The molecule has 0 amide bonds. The van der Waals surface area contributed by atoms with Gasteiger partial charge in [0.2, 0.25) is 0 Å². The zero-order valence-electron chi connectivity index (χ0n) is 23.3. The molecule has 0 aliphatic rings. The molecule has 4 rings (SSSR count). The molecule has 0 radical (unpaired) electrons. The number of aromatic amines is 1. The lowest BCUT2D eigenvalue weighted by atomic mass is 10.00. The van der Waals surface area contributed by atoms with Crippen LogP contribution in [0.15, 0.2) is 58.4 Å². The summed E-state index contributed by atoms with van der Waals surface area (Å²) in [6.07, 6.45) is 4.99. The van der Waals surface area contributed by atoms with Crippen LogP contribution in [0.3, 0.4) is 0 Å². The van der Waals surface area contributed by atoms with Gasteiger partial charge in [0, 0.05) is 36.3 Å². The van der Waals surface area contributed by atoms with Crippen molar-refractivity contribution in [1.82, 2.24) is 19.9 Å². The maximum atomic E-state index is 15.1. The molecule has 8 nitrogen and oxygen atoms in total. The Bertz CT molecular complexity index is 1560. The average Bonchev–Trinajstić information content (AvgIpc) is 3.34. The monoisotopic (exact) mass is 583 g/mol. The van der Waals surface area contributed by atoms with Crippen molar-refractivity contribution in [1.29, 1.82) is 0 Å². The van der Waals surface area contributed by atoms with Crippen molar-refractivity contribution in [2.24, 2.45) is 22.4 Å². The minimum absolute atomic E-state index is 0.0183. The lowest BCUT2D eigenvalue weighted by Gasteiger charge is -2.14. The van der Waals surface area contributed by atoms with Gasteiger partial charge in [-0.05, 0) is 66.6 Å². The number of nitrogens with one attached hydrogen (secondary N) is 2. The highest BCUT2D eigenvalue weighted by Gasteiger charge is 2.16. The molecule has 11 heteroatoms. The Balaban J connectivity index is 1.52. The first-order valence-electron chi connectivity index (χ1n) is 13.7. The number of fused-ring (bicyclic) bond motifs is 1. The first-order valence-corrected chi connectivity index (χ1v) is 14.1. The number of hydrogen-bond donors (Lipinski definition) is 4. The van der Waals surface area contributed by atoms with E-state index in [-0.39, 0.29) is 17.0 Å². The van der Waals surface area contributed by atoms with E-state index in [4.69, 9.17) is 23.1 Å². The largest absolute Gasteiger partial charge is 0.370 e. The molecule has 0 bridgehead atoms. The highest BCUT2D eigenvalue weighted by Crippen LogP contribution is 2.31. The quantitative estimate of drug-likeness (QED) is 0.126. The molecule has 1 atom stereocenters. The highest BCUT2D eigenvalue weighted by atomic mass is 35.5. The summed E-state index contributed by atoms with van der Waals surface area (Å²) in [5.74, 6) is 0.0550. The molecule has 6 N–H and O–H groups in total. The van der Waals surface area contributed by atoms with Crippen LogP contribution in [-0.2, 0) is 13.0 Å². The molecule has 0 aliphatic carbocycles. The summed E-state index contributed by atoms with van der Waals surface area (Å²) in [5.41, 5.74) is 13.9. The molecule has 0 unspecified atom stereocenters. The SMILES string of the molecule is CC(C)CCCc1cc(Cl)c(F)c(-c2cc3cn(-c4ccc(CN[C@@H](CF)CCN=C(N)N)cc4)c(=O)nc3[nH]2)c1. The van der Waals surface area contributed by atoms with Gasteiger partial charge in [0.15, 0.2) is 11.8 Å². The average molecular weight is 584 g/mol. The predicted octanol–water partition coefficient (Wildman–Crippen LogP) is 5.24. The lowest BCUT2D eigenvalue weighted by molar-refractivity contribution is 0.360. The number of aromatic nitrogens is 3. The van der Waals surface area contributed by atoms with Gasteiger partial charge in [0.05, 0.1) is 16.4 Å². The van der Waals surface area contributed by atoms with Crippen molar-refractivity contribution in [3.8, 4) is 16.9 Å². The zero-order chi connectivity index (χ0) is 29.5. The Labute approximate surface area is 242 Å². The Kier molecular flexibility index (Phi) is 10.1. The van der Waals surface area contributed by atoms with Crippen molar-refractivity contribution in [3.63, 3.8) is 0 Å². The number of guanidine groups is 1. The minimum Gasteiger partial charge on any atom is -0.370 e. The van der Waals surface area contributed by atoms with Gasteiger partial charge in [-0.1, -0.05) is 44.0 Å². The third kappa shape index (κ3) is 7.92. The number of halogens is 3. The summed E-state index contributed by atoms with van der Waals surface area (Å²) >= 11 is 6.24. The van der Waals surface area contributed by atoms with Crippen LogP contribution < -0.4 is 22.5 Å². The summed E-state index contributed by atoms with van der Waals surface area (Å²) in [7, 11) is 0. The second-order valence-electron chi connectivity index (χ2n) is 10.6. The summed E-state index contributed by atoms with van der Waals surface area (Å²) in [6, 6.07) is 12.2. The molecule has 0 spiro atoms. The summed E-state index contributed by atoms with van der Waals surface area (Å²) in [5, 5.41) is 3.86. The number of nitrogens with two attached hydrogens (primary N) is 2. The Morgan fingerprint density at radius 1 is 1.15 bits per heavy atom. The van der Waals surface area contributed by atoms with Crippen LogP contribution >= 0.6 is 11.6 Å². The maximum Gasteiger partial charge on any atom is 0.354 e. The molecular formula is C30H36ClF2N7O. The van der Waals surface area contributed by atoms with E-state index in [0.29, 0.717) is 53.4 Å². The van der Waals surface area contributed by atoms with Crippen molar-refractivity contribution < 1.29 is 8.78 Å². The molecule has 0 saturated carbocycles. The van der Waals surface area contributed by atoms with Crippen LogP contribution in [-0.4, -0.2) is 39.8 Å². The summed E-state index contributed by atoms with van der Waals surface area (Å²) in [6.45, 7) is 4.58. The van der Waals surface area contributed by atoms with Gasteiger partial charge < -0.3 is 21.8 Å². The number of aliphatic imine (C=N–C) groups is 1. The van der Waals surface area contributed by atoms with Gasteiger partial charge in [-0.3, -0.25) is 9.56 Å². The third-order valence-electron chi connectivity index (χ3n) is 6.90. The maximum absolute atomic E-state index is 15.1. The molecule has 2 heterocycles. The number of alkyl halides is 1. The van der Waals surface area contributed by atoms with Crippen LogP contribution in [0.1, 0.15) is 44.2 Å². The fourth-order valence-corrected chi connectivity index (χ4v) is 4.89. The molecule has 218 valence electrons. The van der Waals surface area contributed by atoms with Crippen LogP contribution in [0.5, 0.6) is 0 Å². The van der Waals surface area contributed by atoms with E-state index in [9.17, 15) is 9.18 Å². The number of hydrogen-bond acceptors (Lipinski definition) is 4. The normalized spacial score (nSPS) is 12.2. The van der Waals surface area contributed by atoms with E-state index in [0.717, 1.165) is 30.4 Å². The first kappa shape index (κ1) is 30.2. The van der Waals surface area contributed by atoms with Crippen LogP contribution in [0.25, 0.3) is 28.0 Å². The lowest BCUT2D eigenvalue weighted by Crippen LogP contribution is -2.32. The molecule has 4 aromatic rings. The fraction of sp³-hybridized carbons (Fsp3) is 0.367. The van der Waals surface area contributed by atoms with E-state index in [1.54, 1.807) is 36.5 Å². The summed E-state index contributed by atoms with van der Waals surface area (Å²) < 4.78 is 29.8. The molecule has 2 aromatic carbocycles. The van der Waals surface area contributed by atoms with Crippen LogP contribution in [0.4, 0.5) is 8.78 Å². The summed E-state index contributed by atoms with van der Waals surface area (Å²) in [4.78, 5) is 24.0. The van der Waals surface area contributed by atoms with E-state index in [2.05, 4.69) is 34.1 Å². The highest BCUT2D eigenvalue weighted by molar-refractivity contribution is 6.31. The smallest absolute Gasteiger partial charge is 0.354 e. The molecule has 41 heavy (non-hydrogen) atoms. The number of benzene rings is 2. The van der Waals surface area contributed by atoms with Gasteiger partial charge >= 0.3 is 5.69 Å². The van der Waals surface area contributed by atoms with Crippen molar-refractivity contribution in [2.45, 2.75) is 52.1 Å². The Morgan fingerprint density at radius 3 is 2.59 bits per heavy atom. The van der Waals surface area contributed by atoms with Crippen LogP contribution in [0, 0.1) is 11.7 Å². The van der Waals surface area contributed by atoms with Crippen molar-refractivity contribution in [3.05, 3.63) is 81.1 Å². The number of rotatable bonds is 13.